The molecule has 9 heteroatoms. The molecule has 2 rings (SSSR count). The fourth-order valence-corrected chi connectivity index (χ4v) is 2.84. The summed E-state index contributed by atoms with van der Waals surface area (Å²) >= 11 is 0. The summed E-state index contributed by atoms with van der Waals surface area (Å²) in [5, 5.41) is 8.01. The molecule has 0 unspecified atom stereocenters. The van der Waals surface area contributed by atoms with Crippen LogP contribution in [0.5, 0.6) is 0 Å². The summed E-state index contributed by atoms with van der Waals surface area (Å²) < 4.78 is 29.9. The fraction of sp³-hybridized carbons (Fsp3) is 0.455. The van der Waals surface area contributed by atoms with E-state index in [1.807, 2.05) is 20.0 Å². The van der Waals surface area contributed by atoms with E-state index >= 15 is 0 Å². The van der Waals surface area contributed by atoms with Gasteiger partial charge in [0.15, 0.2) is 5.82 Å². The highest BCUT2D eigenvalue weighted by molar-refractivity contribution is 7.89. The van der Waals surface area contributed by atoms with E-state index in [9.17, 15) is 8.42 Å². The maximum Gasteiger partial charge on any atom is 0.245 e. The van der Waals surface area contributed by atoms with Gasteiger partial charge in [-0.25, -0.2) is 13.1 Å². The number of nitrogens with two attached hydrogens (primary N) is 1. The van der Waals surface area contributed by atoms with Gasteiger partial charge in [0.1, 0.15) is 4.90 Å². The van der Waals surface area contributed by atoms with Crippen LogP contribution in [0.4, 0.5) is 5.82 Å². The Morgan fingerprint density at radius 1 is 1.35 bits per heavy atom. The van der Waals surface area contributed by atoms with Crippen molar-refractivity contribution in [3.8, 4) is 0 Å². The third-order valence-corrected chi connectivity index (χ3v) is 4.24. The first-order valence-corrected chi connectivity index (χ1v) is 7.72. The molecule has 0 bridgehead atoms. The van der Waals surface area contributed by atoms with Crippen LogP contribution < -0.4 is 10.5 Å². The van der Waals surface area contributed by atoms with Crippen LogP contribution in [0.1, 0.15) is 12.5 Å². The first-order chi connectivity index (χ1) is 9.42. The van der Waals surface area contributed by atoms with Crippen molar-refractivity contribution in [1.29, 1.82) is 0 Å². The van der Waals surface area contributed by atoms with Crippen LogP contribution in [0.3, 0.4) is 0 Å². The van der Waals surface area contributed by atoms with Crippen LogP contribution in [0.2, 0.25) is 0 Å². The molecule has 2 heterocycles. The molecule has 0 spiro atoms. The summed E-state index contributed by atoms with van der Waals surface area (Å²) in [6, 6.07) is 0. The topological polar surface area (TPSA) is 108 Å². The van der Waals surface area contributed by atoms with E-state index in [1.54, 1.807) is 10.9 Å². The third kappa shape index (κ3) is 3.17. The highest BCUT2D eigenvalue weighted by Gasteiger charge is 2.20. The molecule has 2 aromatic rings. The van der Waals surface area contributed by atoms with Gasteiger partial charge in [-0.3, -0.25) is 9.36 Å². The number of aryl methyl sites for hydroxylation is 2. The summed E-state index contributed by atoms with van der Waals surface area (Å²) in [7, 11) is -3.64. The smallest absolute Gasteiger partial charge is 0.245 e. The van der Waals surface area contributed by atoms with Crippen molar-refractivity contribution in [3.63, 3.8) is 0 Å². The second kappa shape index (κ2) is 5.63. The van der Waals surface area contributed by atoms with Crippen molar-refractivity contribution >= 4 is 15.8 Å². The Morgan fingerprint density at radius 3 is 2.65 bits per heavy atom. The predicted octanol–water partition coefficient (Wildman–Crippen LogP) is -0.0314. The molecule has 0 aliphatic rings. The maximum absolute atomic E-state index is 12.1. The first kappa shape index (κ1) is 14.5. The zero-order chi connectivity index (χ0) is 14.8. The Balaban J connectivity index is 2.01. The molecule has 2 aromatic heterocycles. The molecule has 0 fully saturated rings. The van der Waals surface area contributed by atoms with Gasteiger partial charge in [0.2, 0.25) is 10.0 Å². The van der Waals surface area contributed by atoms with Gasteiger partial charge in [0, 0.05) is 25.5 Å². The zero-order valence-corrected chi connectivity index (χ0v) is 12.3. The number of rotatable bonds is 6. The van der Waals surface area contributed by atoms with Gasteiger partial charge in [-0.15, -0.1) is 0 Å². The van der Waals surface area contributed by atoms with Crippen molar-refractivity contribution in [2.24, 2.45) is 0 Å². The Hall–Kier alpha value is -1.87. The SMILES string of the molecule is CCn1cc(S(=O)(=O)NCCn2cc(C)cn2)c(N)n1. The third-order valence-electron chi connectivity index (χ3n) is 2.76. The number of aromatic nitrogens is 4. The van der Waals surface area contributed by atoms with Gasteiger partial charge in [0.25, 0.3) is 0 Å². The predicted molar refractivity (Wildman–Crippen MR) is 74.5 cm³/mol. The van der Waals surface area contributed by atoms with Gasteiger partial charge >= 0.3 is 0 Å². The monoisotopic (exact) mass is 298 g/mol. The van der Waals surface area contributed by atoms with Gasteiger partial charge < -0.3 is 5.73 Å². The van der Waals surface area contributed by atoms with Crippen LogP contribution in [0.25, 0.3) is 0 Å². The van der Waals surface area contributed by atoms with E-state index in [0.29, 0.717) is 13.1 Å². The zero-order valence-electron chi connectivity index (χ0n) is 11.4. The number of nitrogen functional groups attached to an aromatic ring is 1. The fourth-order valence-electron chi connectivity index (χ4n) is 1.75. The van der Waals surface area contributed by atoms with Gasteiger partial charge in [-0.05, 0) is 19.4 Å². The Morgan fingerprint density at radius 2 is 2.10 bits per heavy atom. The number of nitrogens with one attached hydrogen (secondary N) is 1. The lowest BCUT2D eigenvalue weighted by molar-refractivity contribution is 0.560. The lowest BCUT2D eigenvalue weighted by atomic mass is 10.4. The largest absolute Gasteiger partial charge is 0.381 e. The molecule has 0 amide bonds. The minimum atomic E-state index is -3.64. The number of anilines is 1. The number of nitrogens with zero attached hydrogens (tertiary/aromatic N) is 4. The molecule has 0 saturated carbocycles. The second-order valence-corrected chi connectivity index (χ2v) is 6.15. The molecule has 0 atom stereocenters. The molecule has 20 heavy (non-hydrogen) atoms. The van der Waals surface area contributed by atoms with Gasteiger partial charge in [0.05, 0.1) is 12.7 Å². The number of hydrogen-bond acceptors (Lipinski definition) is 5. The van der Waals surface area contributed by atoms with Crippen molar-refractivity contribution in [1.82, 2.24) is 24.3 Å². The maximum atomic E-state index is 12.1. The highest BCUT2D eigenvalue weighted by atomic mass is 32.2. The summed E-state index contributed by atoms with van der Waals surface area (Å²) in [6.45, 7) is 5.03. The lowest BCUT2D eigenvalue weighted by Gasteiger charge is -2.05. The number of hydrogen-bond donors (Lipinski definition) is 2. The molecule has 0 saturated heterocycles. The van der Waals surface area contributed by atoms with E-state index in [0.717, 1.165) is 5.56 Å². The molecule has 0 aliphatic heterocycles. The van der Waals surface area contributed by atoms with E-state index in [4.69, 9.17) is 5.73 Å². The van der Waals surface area contributed by atoms with Crippen LogP contribution in [0, 0.1) is 6.92 Å². The van der Waals surface area contributed by atoms with E-state index < -0.39 is 10.0 Å². The Kier molecular flexibility index (Phi) is 4.09. The van der Waals surface area contributed by atoms with Crippen LogP contribution in [-0.2, 0) is 23.1 Å². The van der Waals surface area contributed by atoms with E-state index in [2.05, 4.69) is 14.9 Å². The molecule has 0 radical (unpaired) electrons. The normalized spacial score (nSPS) is 11.9. The van der Waals surface area contributed by atoms with Crippen molar-refractivity contribution in [3.05, 3.63) is 24.2 Å². The quantitative estimate of drug-likeness (QED) is 0.778. The Labute approximate surface area is 117 Å². The summed E-state index contributed by atoms with van der Waals surface area (Å²) in [5.41, 5.74) is 6.65. The van der Waals surface area contributed by atoms with Crippen LogP contribution >= 0.6 is 0 Å². The molecular formula is C11H18N6O2S. The average molecular weight is 298 g/mol. The molecule has 110 valence electrons. The lowest BCUT2D eigenvalue weighted by Crippen LogP contribution is -2.27. The molecule has 0 aromatic carbocycles. The Bertz CT molecular complexity index is 688. The van der Waals surface area contributed by atoms with Crippen molar-refractivity contribution in [2.45, 2.75) is 31.8 Å². The van der Waals surface area contributed by atoms with Gasteiger partial charge in [-0.2, -0.15) is 10.2 Å². The standard InChI is InChI=1S/C11H18N6O2S/c1-3-16-8-10(11(12)15-16)20(18,19)14-4-5-17-7-9(2)6-13-17/h6-8,14H,3-5H2,1-2H3,(H2,12,15). The average Bonchev–Trinajstić information content (AvgIpc) is 2.95. The summed E-state index contributed by atoms with van der Waals surface area (Å²) in [4.78, 5) is 0.0102. The second-order valence-electron chi connectivity index (χ2n) is 4.41. The molecular weight excluding hydrogens is 280 g/mol. The summed E-state index contributed by atoms with van der Waals surface area (Å²) in [5.74, 6) is 0.00860. The van der Waals surface area contributed by atoms with Gasteiger partial charge in [-0.1, -0.05) is 0 Å². The molecule has 0 aliphatic carbocycles. The summed E-state index contributed by atoms with van der Waals surface area (Å²) in [6.07, 6.45) is 4.99. The highest BCUT2D eigenvalue weighted by Crippen LogP contribution is 2.15. The minimum Gasteiger partial charge on any atom is -0.381 e. The van der Waals surface area contributed by atoms with Crippen LogP contribution in [0.15, 0.2) is 23.5 Å². The molecule has 8 nitrogen and oxygen atoms in total. The number of sulfonamides is 1. The molecule has 3 N–H and O–H groups in total. The van der Waals surface area contributed by atoms with E-state index in [1.165, 1.54) is 10.9 Å². The van der Waals surface area contributed by atoms with E-state index in [-0.39, 0.29) is 17.3 Å². The van der Waals surface area contributed by atoms with Crippen molar-refractivity contribution in [2.75, 3.05) is 12.3 Å². The van der Waals surface area contributed by atoms with Crippen LogP contribution in [-0.4, -0.2) is 34.5 Å². The first-order valence-electron chi connectivity index (χ1n) is 6.24. The minimum absolute atomic E-state index is 0.00860. The van der Waals surface area contributed by atoms with Crippen molar-refractivity contribution < 1.29 is 8.42 Å².